The molecule has 26 heavy (non-hydrogen) atoms. The first-order valence-electron chi connectivity index (χ1n) is 8.64. The van der Waals surface area contributed by atoms with E-state index in [4.69, 9.17) is 0 Å². The molecule has 1 atom stereocenters. The maximum Gasteiger partial charge on any atom is 0.251 e. The molecule has 0 unspecified atom stereocenters. The number of nitrogens with zero attached hydrogens (tertiary/aromatic N) is 3. The van der Waals surface area contributed by atoms with Crippen LogP contribution in [-0.4, -0.2) is 32.6 Å². The SMILES string of the molecule is C[C@@H](O)c1ccc(-c2cccc(C(=O)NCCCn3ccnn3)c2)cc1. The molecule has 0 fully saturated rings. The van der Waals surface area contributed by atoms with Gasteiger partial charge in [-0.25, -0.2) is 0 Å². The van der Waals surface area contributed by atoms with Crippen LogP contribution in [0.25, 0.3) is 11.1 Å². The third-order valence-electron chi connectivity index (χ3n) is 4.17. The van der Waals surface area contributed by atoms with Gasteiger partial charge in [0.25, 0.3) is 5.91 Å². The first-order valence-corrected chi connectivity index (χ1v) is 8.64. The number of amides is 1. The molecule has 0 saturated heterocycles. The van der Waals surface area contributed by atoms with Crippen molar-refractivity contribution in [1.82, 2.24) is 20.3 Å². The number of aliphatic hydroxyl groups excluding tert-OH is 1. The molecule has 1 aromatic heterocycles. The Morgan fingerprint density at radius 2 is 2.00 bits per heavy atom. The van der Waals surface area contributed by atoms with Crippen LogP contribution in [-0.2, 0) is 6.54 Å². The molecule has 0 spiro atoms. The zero-order valence-electron chi connectivity index (χ0n) is 14.7. The topological polar surface area (TPSA) is 80.0 Å². The number of aliphatic hydroxyl groups is 1. The molecule has 2 aromatic carbocycles. The minimum atomic E-state index is -0.487. The quantitative estimate of drug-likeness (QED) is 0.642. The lowest BCUT2D eigenvalue weighted by Crippen LogP contribution is -2.25. The van der Waals surface area contributed by atoms with Crippen molar-refractivity contribution in [3.63, 3.8) is 0 Å². The van der Waals surface area contributed by atoms with Crippen LogP contribution in [0.15, 0.2) is 60.9 Å². The third kappa shape index (κ3) is 4.55. The standard InChI is InChI=1S/C20H22N4O2/c1-15(25)16-6-8-17(9-7-16)18-4-2-5-19(14-18)20(26)21-10-3-12-24-13-11-22-23-24/h2,4-9,11,13-15,25H,3,10,12H2,1H3,(H,21,26)/t15-/m1/s1. The zero-order chi connectivity index (χ0) is 18.4. The van der Waals surface area contributed by atoms with Crippen molar-refractivity contribution in [2.75, 3.05) is 6.54 Å². The van der Waals surface area contributed by atoms with Crippen LogP contribution in [0.5, 0.6) is 0 Å². The predicted octanol–water partition coefficient (Wildman–Crippen LogP) is 2.82. The van der Waals surface area contributed by atoms with Gasteiger partial charge in [-0.3, -0.25) is 9.48 Å². The molecule has 1 amide bonds. The number of hydrogen-bond acceptors (Lipinski definition) is 4. The van der Waals surface area contributed by atoms with Gasteiger partial charge in [-0.15, -0.1) is 5.10 Å². The fourth-order valence-electron chi connectivity index (χ4n) is 2.69. The lowest BCUT2D eigenvalue weighted by atomic mass is 10.0. The lowest BCUT2D eigenvalue weighted by Gasteiger charge is -2.09. The number of benzene rings is 2. The van der Waals surface area contributed by atoms with E-state index in [9.17, 15) is 9.90 Å². The number of carbonyl (C=O) groups is 1. The summed E-state index contributed by atoms with van der Waals surface area (Å²) >= 11 is 0. The third-order valence-corrected chi connectivity index (χ3v) is 4.17. The van der Waals surface area contributed by atoms with E-state index in [1.807, 2.05) is 42.5 Å². The number of aromatic nitrogens is 3. The highest BCUT2D eigenvalue weighted by molar-refractivity contribution is 5.95. The molecular weight excluding hydrogens is 328 g/mol. The van der Waals surface area contributed by atoms with Gasteiger partial charge in [0.15, 0.2) is 0 Å². The summed E-state index contributed by atoms with van der Waals surface area (Å²) in [5.74, 6) is -0.0916. The van der Waals surface area contributed by atoms with Crippen molar-refractivity contribution in [2.24, 2.45) is 0 Å². The van der Waals surface area contributed by atoms with Crippen molar-refractivity contribution in [2.45, 2.75) is 26.0 Å². The van der Waals surface area contributed by atoms with Crippen LogP contribution in [0.1, 0.15) is 35.4 Å². The van der Waals surface area contributed by atoms with Gasteiger partial charge >= 0.3 is 0 Å². The number of rotatable bonds is 7. The van der Waals surface area contributed by atoms with E-state index < -0.39 is 6.10 Å². The maximum atomic E-state index is 12.4. The van der Waals surface area contributed by atoms with Crippen LogP contribution in [0.4, 0.5) is 0 Å². The van der Waals surface area contributed by atoms with Crippen molar-refractivity contribution < 1.29 is 9.90 Å². The second-order valence-corrected chi connectivity index (χ2v) is 6.15. The summed E-state index contributed by atoms with van der Waals surface area (Å²) in [6, 6.07) is 15.2. The summed E-state index contributed by atoms with van der Waals surface area (Å²) in [6.07, 6.45) is 3.74. The molecule has 134 valence electrons. The van der Waals surface area contributed by atoms with Gasteiger partial charge in [-0.05, 0) is 42.2 Å². The fraction of sp³-hybridized carbons (Fsp3) is 0.250. The highest BCUT2D eigenvalue weighted by Crippen LogP contribution is 2.23. The van der Waals surface area contributed by atoms with Gasteiger partial charge in [0.05, 0.1) is 12.3 Å². The number of aryl methyl sites for hydroxylation is 1. The van der Waals surface area contributed by atoms with Crippen LogP contribution < -0.4 is 5.32 Å². The summed E-state index contributed by atoms with van der Waals surface area (Å²) < 4.78 is 1.74. The Morgan fingerprint density at radius 1 is 1.19 bits per heavy atom. The van der Waals surface area contributed by atoms with Crippen LogP contribution in [0.2, 0.25) is 0 Å². The van der Waals surface area contributed by atoms with Crippen molar-refractivity contribution in [3.05, 3.63) is 72.1 Å². The Labute approximate surface area is 152 Å². The van der Waals surface area contributed by atoms with E-state index in [2.05, 4.69) is 15.6 Å². The van der Waals surface area contributed by atoms with Gasteiger partial charge < -0.3 is 10.4 Å². The second kappa shape index (κ2) is 8.40. The fourth-order valence-corrected chi connectivity index (χ4v) is 2.69. The van der Waals surface area contributed by atoms with Crippen LogP contribution >= 0.6 is 0 Å². The van der Waals surface area contributed by atoms with E-state index >= 15 is 0 Å². The summed E-state index contributed by atoms with van der Waals surface area (Å²) in [5, 5.41) is 20.2. The summed E-state index contributed by atoms with van der Waals surface area (Å²) in [7, 11) is 0. The molecule has 0 aliphatic rings. The van der Waals surface area contributed by atoms with E-state index in [0.717, 1.165) is 29.7 Å². The molecule has 1 heterocycles. The molecular formula is C20H22N4O2. The molecule has 6 heteroatoms. The average Bonchev–Trinajstić information content (AvgIpc) is 3.19. The minimum Gasteiger partial charge on any atom is -0.389 e. The predicted molar refractivity (Wildman–Crippen MR) is 99.5 cm³/mol. The Morgan fingerprint density at radius 3 is 2.69 bits per heavy atom. The summed E-state index contributed by atoms with van der Waals surface area (Å²) in [5.41, 5.74) is 3.48. The Balaban J connectivity index is 1.60. The van der Waals surface area contributed by atoms with E-state index in [1.54, 1.807) is 30.1 Å². The van der Waals surface area contributed by atoms with Gasteiger partial charge in [-0.2, -0.15) is 0 Å². The van der Waals surface area contributed by atoms with E-state index in [0.29, 0.717) is 12.1 Å². The highest BCUT2D eigenvalue weighted by atomic mass is 16.3. The van der Waals surface area contributed by atoms with Gasteiger partial charge in [0, 0.05) is 24.8 Å². The summed E-state index contributed by atoms with van der Waals surface area (Å²) in [4.78, 5) is 12.4. The zero-order valence-corrected chi connectivity index (χ0v) is 14.7. The smallest absolute Gasteiger partial charge is 0.251 e. The number of hydrogen-bond donors (Lipinski definition) is 2. The molecule has 0 bridgehead atoms. The van der Waals surface area contributed by atoms with E-state index in [1.165, 1.54) is 0 Å². The Hall–Kier alpha value is -2.99. The molecule has 0 aliphatic heterocycles. The molecule has 0 radical (unpaired) electrons. The highest BCUT2D eigenvalue weighted by Gasteiger charge is 2.07. The van der Waals surface area contributed by atoms with Crippen molar-refractivity contribution in [1.29, 1.82) is 0 Å². The molecule has 2 N–H and O–H groups in total. The molecule has 0 saturated carbocycles. The van der Waals surface area contributed by atoms with Gasteiger partial charge in [0.1, 0.15) is 0 Å². The van der Waals surface area contributed by atoms with Crippen LogP contribution in [0.3, 0.4) is 0 Å². The van der Waals surface area contributed by atoms with Gasteiger partial charge in [0.2, 0.25) is 0 Å². The second-order valence-electron chi connectivity index (χ2n) is 6.15. The first kappa shape index (κ1) is 17.8. The average molecular weight is 350 g/mol. The lowest BCUT2D eigenvalue weighted by molar-refractivity contribution is 0.0952. The number of nitrogens with one attached hydrogen (secondary N) is 1. The summed E-state index contributed by atoms with van der Waals surface area (Å²) in [6.45, 7) is 3.03. The Bertz CT molecular complexity index is 843. The van der Waals surface area contributed by atoms with Crippen molar-refractivity contribution in [3.8, 4) is 11.1 Å². The number of carbonyl (C=O) groups excluding carboxylic acids is 1. The molecule has 6 nitrogen and oxygen atoms in total. The maximum absolute atomic E-state index is 12.4. The van der Waals surface area contributed by atoms with E-state index in [-0.39, 0.29) is 5.91 Å². The molecule has 3 aromatic rings. The normalized spacial score (nSPS) is 11.9. The van der Waals surface area contributed by atoms with Crippen molar-refractivity contribution >= 4 is 5.91 Å². The minimum absolute atomic E-state index is 0.0916. The largest absolute Gasteiger partial charge is 0.389 e. The van der Waals surface area contributed by atoms with Gasteiger partial charge in [-0.1, -0.05) is 41.6 Å². The molecule has 0 aliphatic carbocycles. The van der Waals surface area contributed by atoms with Crippen LogP contribution in [0, 0.1) is 0 Å². The first-order chi connectivity index (χ1) is 12.6. The monoisotopic (exact) mass is 350 g/mol. The molecule has 3 rings (SSSR count). The Kier molecular flexibility index (Phi) is 5.76.